The molecule has 2 aromatic heterocycles. The van der Waals surface area contributed by atoms with E-state index in [1.807, 2.05) is 55.5 Å². The van der Waals surface area contributed by atoms with Crippen LogP contribution in [0.15, 0.2) is 66.9 Å². The van der Waals surface area contributed by atoms with Crippen LogP contribution < -0.4 is 10.1 Å². The van der Waals surface area contributed by atoms with E-state index in [0.29, 0.717) is 23.8 Å². The van der Waals surface area contributed by atoms with Crippen LogP contribution in [0.5, 0.6) is 5.75 Å². The Morgan fingerprint density at radius 3 is 2.75 bits per heavy atom. The van der Waals surface area contributed by atoms with Crippen molar-refractivity contribution in [2.75, 3.05) is 18.6 Å². The first-order chi connectivity index (χ1) is 15.6. The highest BCUT2D eigenvalue weighted by molar-refractivity contribution is 6.01. The Kier molecular flexibility index (Phi) is 6.50. The van der Waals surface area contributed by atoms with E-state index in [1.54, 1.807) is 18.3 Å². The van der Waals surface area contributed by atoms with E-state index in [2.05, 4.69) is 25.5 Å². The Hall–Kier alpha value is -4.07. The maximum Gasteiger partial charge on any atom is 0.294 e. The Morgan fingerprint density at radius 2 is 1.94 bits per heavy atom. The number of benzene rings is 2. The minimum absolute atomic E-state index is 0.00357. The average molecular weight is 431 g/mol. The third kappa shape index (κ3) is 5.15. The first-order valence-electron chi connectivity index (χ1n) is 10.1. The van der Waals surface area contributed by atoms with Crippen molar-refractivity contribution in [3.8, 4) is 16.9 Å². The molecular weight excluding hydrogens is 409 g/mol. The largest absolute Gasteiger partial charge is 0.491 e. The summed E-state index contributed by atoms with van der Waals surface area (Å²) in [6, 6.07) is 19.0. The van der Waals surface area contributed by atoms with Crippen molar-refractivity contribution in [1.82, 2.24) is 20.2 Å². The normalized spacial score (nSPS) is 10.7. The minimum atomic E-state index is -0.552. The minimum Gasteiger partial charge on any atom is -0.491 e. The number of hydrogen-bond acceptors (Lipinski definition) is 5. The summed E-state index contributed by atoms with van der Waals surface area (Å²) in [6.45, 7) is 1.42. The summed E-state index contributed by atoms with van der Waals surface area (Å²) in [7, 11) is 0. The number of anilines is 1. The number of carbonyl (C=O) groups is 1. The number of aromatic nitrogens is 4. The van der Waals surface area contributed by atoms with Gasteiger partial charge in [-0.1, -0.05) is 36.4 Å². The number of nitrogens with zero attached hydrogens (tertiary/aromatic N) is 3. The van der Waals surface area contributed by atoms with Gasteiger partial charge in [-0.15, -0.1) is 10.2 Å². The number of carbonyl (C=O) groups excluding carboxylic acids is 1. The van der Waals surface area contributed by atoms with Gasteiger partial charge in [0.25, 0.3) is 5.91 Å². The molecule has 2 heterocycles. The fourth-order valence-electron chi connectivity index (χ4n) is 3.27. The molecule has 2 aromatic carbocycles. The molecule has 0 aliphatic rings. The summed E-state index contributed by atoms with van der Waals surface area (Å²) < 4.78 is 17.8. The molecule has 0 spiro atoms. The smallest absolute Gasteiger partial charge is 0.294 e. The molecule has 7 nitrogen and oxygen atoms in total. The van der Waals surface area contributed by atoms with Crippen LogP contribution in [0.25, 0.3) is 11.1 Å². The van der Waals surface area contributed by atoms with Crippen molar-refractivity contribution in [1.29, 1.82) is 0 Å². The molecule has 4 aromatic rings. The van der Waals surface area contributed by atoms with Crippen molar-refractivity contribution in [3.05, 3.63) is 89.6 Å². The van der Waals surface area contributed by atoms with Gasteiger partial charge in [-0.25, -0.2) is 9.37 Å². The number of hydrogen-bond donors (Lipinski definition) is 2. The number of rotatable bonds is 8. The molecule has 2 N–H and O–H groups in total. The second-order valence-corrected chi connectivity index (χ2v) is 7.18. The zero-order valence-electron chi connectivity index (χ0n) is 17.5. The molecule has 0 saturated carbocycles. The highest BCUT2D eigenvalue weighted by atomic mass is 19.1. The molecular formula is C24H22FN5O2. The predicted octanol–water partition coefficient (Wildman–Crippen LogP) is 4.37. The van der Waals surface area contributed by atoms with Crippen LogP contribution in [-0.4, -0.2) is 39.4 Å². The number of amides is 1. The first kappa shape index (κ1) is 21.2. The van der Waals surface area contributed by atoms with Crippen molar-refractivity contribution in [2.24, 2.45) is 0 Å². The van der Waals surface area contributed by atoms with Crippen LogP contribution in [0.4, 0.5) is 10.2 Å². The van der Waals surface area contributed by atoms with E-state index in [9.17, 15) is 9.18 Å². The Balaban J connectivity index is 1.48. The van der Waals surface area contributed by atoms with Gasteiger partial charge in [0, 0.05) is 12.6 Å². The summed E-state index contributed by atoms with van der Waals surface area (Å²) in [5, 5.41) is 10.8. The zero-order chi connectivity index (χ0) is 22.3. The van der Waals surface area contributed by atoms with Crippen LogP contribution in [0.1, 0.15) is 27.6 Å². The maximum atomic E-state index is 12.6. The molecule has 32 heavy (non-hydrogen) atoms. The van der Waals surface area contributed by atoms with Gasteiger partial charge < -0.3 is 15.0 Å². The van der Waals surface area contributed by atoms with Gasteiger partial charge >= 0.3 is 0 Å². The summed E-state index contributed by atoms with van der Waals surface area (Å²) in [5.74, 6) is 1.24. The van der Waals surface area contributed by atoms with Gasteiger partial charge in [-0.2, -0.15) is 0 Å². The van der Waals surface area contributed by atoms with Crippen LogP contribution >= 0.6 is 0 Å². The average Bonchev–Trinajstić information content (AvgIpc) is 3.28. The van der Waals surface area contributed by atoms with Gasteiger partial charge in [0.05, 0.1) is 0 Å². The Labute approximate surface area is 184 Å². The number of H-pyrrole nitrogens is 1. The summed E-state index contributed by atoms with van der Waals surface area (Å²) in [5.41, 5.74) is 3.84. The predicted molar refractivity (Wildman–Crippen MR) is 119 cm³/mol. The topological polar surface area (TPSA) is 92.8 Å². The van der Waals surface area contributed by atoms with Crippen molar-refractivity contribution in [2.45, 2.75) is 13.3 Å². The van der Waals surface area contributed by atoms with E-state index >= 15 is 0 Å². The van der Waals surface area contributed by atoms with Crippen LogP contribution in [-0.2, 0) is 6.42 Å². The molecule has 0 aliphatic carbocycles. The quantitative estimate of drug-likeness (QED) is 0.432. The Morgan fingerprint density at radius 1 is 1.09 bits per heavy atom. The zero-order valence-corrected chi connectivity index (χ0v) is 17.5. The lowest BCUT2D eigenvalue weighted by Crippen LogP contribution is -2.14. The monoisotopic (exact) mass is 431 g/mol. The molecule has 8 heteroatoms. The third-order valence-electron chi connectivity index (χ3n) is 4.83. The van der Waals surface area contributed by atoms with Gasteiger partial charge in [-0.3, -0.25) is 4.79 Å². The number of halogens is 1. The van der Waals surface area contributed by atoms with E-state index in [4.69, 9.17) is 4.74 Å². The molecule has 0 aliphatic heterocycles. The van der Waals surface area contributed by atoms with Crippen molar-refractivity contribution < 1.29 is 13.9 Å². The van der Waals surface area contributed by atoms with Crippen molar-refractivity contribution in [3.63, 3.8) is 0 Å². The third-order valence-corrected chi connectivity index (χ3v) is 4.83. The number of pyridine rings is 1. The fourth-order valence-corrected chi connectivity index (χ4v) is 3.27. The van der Waals surface area contributed by atoms with Gasteiger partial charge in [0.2, 0.25) is 5.82 Å². The molecule has 0 atom stereocenters. The van der Waals surface area contributed by atoms with Gasteiger partial charge in [0.1, 0.15) is 30.7 Å². The van der Waals surface area contributed by atoms with Crippen LogP contribution in [0.3, 0.4) is 0 Å². The van der Waals surface area contributed by atoms with Gasteiger partial charge in [-0.05, 0) is 53.4 Å². The number of aromatic amines is 1. The molecule has 162 valence electrons. The van der Waals surface area contributed by atoms with E-state index < -0.39 is 12.6 Å². The highest BCUT2D eigenvalue weighted by Crippen LogP contribution is 2.28. The molecule has 0 saturated heterocycles. The fraction of sp³-hybridized carbons (Fsp3) is 0.167. The summed E-state index contributed by atoms with van der Waals surface area (Å²) >= 11 is 0. The number of aryl methyl sites for hydroxylation is 1. The lowest BCUT2D eigenvalue weighted by molar-refractivity contribution is 0.101. The van der Waals surface area contributed by atoms with E-state index in [1.165, 1.54) is 0 Å². The highest BCUT2D eigenvalue weighted by Gasteiger charge is 2.14. The Bertz CT molecular complexity index is 1210. The molecule has 0 unspecified atom stereocenters. The van der Waals surface area contributed by atoms with Crippen LogP contribution in [0.2, 0.25) is 0 Å². The second kappa shape index (κ2) is 9.82. The first-order valence-corrected chi connectivity index (χ1v) is 10.1. The van der Waals surface area contributed by atoms with E-state index in [0.717, 1.165) is 22.3 Å². The lowest BCUT2D eigenvalue weighted by atomic mass is 10.0. The molecule has 0 bridgehead atoms. The second-order valence-electron chi connectivity index (χ2n) is 7.18. The molecule has 0 fully saturated rings. The van der Waals surface area contributed by atoms with E-state index in [-0.39, 0.29) is 12.4 Å². The number of ether oxygens (including phenoxy) is 1. The SMILES string of the molecule is Cc1ccc(OCCF)cc1-c1ccnc(NC(=O)c2nnc(Cc3ccccc3)[nH]2)c1. The number of nitrogens with one attached hydrogen (secondary N) is 2. The maximum absolute atomic E-state index is 12.6. The molecule has 1 amide bonds. The van der Waals surface area contributed by atoms with Crippen molar-refractivity contribution >= 4 is 11.7 Å². The number of alkyl halides is 1. The summed E-state index contributed by atoms with van der Waals surface area (Å²) in [4.78, 5) is 19.8. The van der Waals surface area contributed by atoms with Gasteiger partial charge in [0.15, 0.2) is 0 Å². The molecule has 0 radical (unpaired) electrons. The molecule has 4 rings (SSSR count). The standard InChI is InChI=1S/C24H22FN5O2/c1-16-7-8-19(32-12-10-25)15-20(16)18-9-11-26-21(14-18)28-24(31)23-27-22(29-30-23)13-17-5-3-2-4-6-17/h2-9,11,14-15H,10,12-13H2,1H3,(H,26,28,31)(H,27,29,30). The lowest BCUT2D eigenvalue weighted by Gasteiger charge is -2.11. The van der Waals surface area contributed by atoms with Crippen LogP contribution in [0, 0.1) is 6.92 Å². The summed E-state index contributed by atoms with van der Waals surface area (Å²) in [6.07, 6.45) is 2.16.